The standard InChI is InChI=1S/C13H15BrF3NO2/c1-9(19)18(8-10-5-3-2-4-6-10)12(11(20)7-14)13(15,16)17/h2-6,11-12,20H,7-8H2,1H3. The molecule has 0 spiro atoms. The van der Waals surface area contributed by atoms with Gasteiger partial charge in [0.15, 0.2) is 6.04 Å². The number of aliphatic hydroxyl groups excluding tert-OH is 1. The maximum Gasteiger partial charge on any atom is 0.411 e. The third-order valence-electron chi connectivity index (χ3n) is 2.79. The van der Waals surface area contributed by atoms with E-state index in [0.29, 0.717) is 10.5 Å². The molecule has 0 heterocycles. The molecule has 2 unspecified atom stereocenters. The summed E-state index contributed by atoms with van der Waals surface area (Å²) in [6, 6.07) is 6.11. The van der Waals surface area contributed by atoms with E-state index < -0.39 is 24.2 Å². The Morgan fingerprint density at radius 3 is 2.30 bits per heavy atom. The van der Waals surface area contributed by atoms with Gasteiger partial charge < -0.3 is 10.0 Å². The first-order chi connectivity index (χ1) is 9.27. The first-order valence-corrected chi connectivity index (χ1v) is 7.01. The van der Waals surface area contributed by atoms with E-state index in [1.165, 1.54) is 0 Å². The Bertz CT molecular complexity index is 439. The van der Waals surface area contributed by atoms with Crippen LogP contribution in [0.3, 0.4) is 0 Å². The van der Waals surface area contributed by atoms with E-state index in [1.54, 1.807) is 30.3 Å². The quantitative estimate of drug-likeness (QED) is 0.827. The van der Waals surface area contributed by atoms with Crippen molar-refractivity contribution in [3.8, 4) is 0 Å². The molecular formula is C13H15BrF3NO2. The van der Waals surface area contributed by atoms with E-state index in [2.05, 4.69) is 15.9 Å². The zero-order valence-electron chi connectivity index (χ0n) is 10.8. The van der Waals surface area contributed by atoms with Gasteiger partial charge in [-0.15, -0.1) is 0 Å². The fraction of sp³-hybridized carbons (Fsp3) is 0.462. The Labute approximate surface area is 123 Å². The fourth-order valence-electron chi connectivity index (χ4n) is 1.87. The minimum atomic E-state index is -4.70. The number of rotatable bonds is 5. The number of nitrogens with zero attached hydrogens (tertiary/aromatic N) is 1. The van der Waals surface area contributed by atoms with E-state index in [0.717, 1.165) is 6.92 Å². The zero-order valence-corrected chi connectivity index (χ0v) is 12.4. The van der Waals surface area contributed by atoms with E-state index in [9.17, 15) is 23.1 Å². The van der Waals surface area contributed by atoms with Crippen molar-refractivity contribution < 1.29 is 23.1 Å². The van der Waals surface area contributed by atoms with E-state index in [1.807, 2.05) is 0 Å². The van der Waals surface area contributed by atoms with Crippen LogP contribution in [0, 0.1) is 0 Å². The molecule has 0 radical (unpaired) electrons. The minimum Gasteiger partial charge on any atom is -0.390 e. The normalized spacial score (nSPS) is 14.7. The molecule has 1 rings (SSSR count). The lowest BCUT2D eigenvalue weighted by molar-refractivity contribution is -0.208. The third-order valence-corrected chi connectivity index (χ3v) is 3.46. The number of hydrogen-bond donors (Lipinski definition) is 1. The van der Waals surface area contributed by atoms with Crippen LogP contribution in [0.25, 0.3) is 0 Å². The Balaban J connectivity index is 3.06. The summed E-state index contributed by atoms with van der Waals surface area (Å²) in [5.74, 6) is -0.740. The molecule has 0 saturated carbocycles. The molecule has 0 aromatic heterocycles. The second-order valence-electron chi connectivity index (χ2n) is 4.34. The monoisotopic (exact) mass is 353 g/mol. The topological polar surface area (TPSA) is 40.5 Å². The largest absolute Gasteiger partial charge is 0.411 e. The molecule has 1 amide bonds. The van der Waals surface area contributed by atoms with Crippen LogP contribution in [-0.2, 0) is 11.3 Å². The average molecular weight is 354 g/mol. The highest BCUT2D eigenvalue weighted by Crippen LogP contribution is 2.29. The molecule has 1 aromatic rings. The van der Waals surface area contributed by atoms with E-state index in [4.69, 9.17) is 0 Å². The molecule has 1 N–H and O–H groups in total. The molecule has 112 valence electrons. The van der Waals surface area contributed by atoms with Gasteiger partial charge in [-0.25, -0.2) is 0 Å². The van der Waals surface area contributed by atoms with Crippen molar-refractivity contribution in [3.05, 3.63) is 35.9 Å². The summed E-state index contributed by atoms with van der Waals surface area (Å²) < 4.78 is 39.3. The van der Waals surface area contributed by atoms with Gasteiger partial charge in [0, 0.05) is 18.8 Å². The summed E-state index contributed by atoms with van der Waals surface area (Å²) in [6.45, 7) is 0.854. The molecule has 3 nitrogen and oxygen atoms in total. The number of carbonyl (C=O) groups excluding carboxylic acids is 1. The number of alkyl halides is 4. The smallest absolute Gasteiger partial charge is 0.390 e. The molecule has 2 atom stereocenters. The van der Waals surface area contributed by atoms with Gasteiger partial charge in [-0.1, -0.05) is 46.3 Å². The van der Waals surface area contributed by atoms with Crippen molar-refractivity contribution in [2.24, 2.45) is 0 Å². The number of aliphatic hydroxyl groups is 1. The van der Waals surface area contributed by atoms with Crippen LogP contribution in [0.5, 0.6) is 0 Å². The third kappa shape index (κ3) is 4.49. The van der Waals surface area contributed by atoms with Gasteiger partial charge in [0.05, 0.1) is 6.10 Å². The van der Waals surface area contributed by atoms with Crippen molar-refractivity contribution in [2.75, 3.05) is 5.33 Å². The van der Waals surface area contributed by atoms with Gasteiger partial charge in [0.25, 0.3) is 0 Å². The Morgan fingerprint density at radius 1 is 1.35 bits per heavy atom. The highest BCUT2D eigenvalue weighted by Gasteiger charge is 2.48. The molecule has 0 saturated heterocycles. The number of halogens is 4. The first kappa shape index (κ1) is 17.0. The van der Waals surface area contributed by atoms with E-state index in [-0.39, 0.29) is 11.9 Å². The molecule has 0 fully saturated rings. The summed E-state index contributed by atoms with van der Waals surface area (Å²) in [6.07, 6.45) is -6.42. The Morgan fingerprint density at radius 2 is 1.90 bits per heavy atom. The summed E-state index contributed by atoms with van der Waals surface area (Å²) in [7, 11) is 0. The lowest BCUT2D eigenvalue weighted by atomic mass is 10.1. The SMILES string of the molecule is CC(=O)N(Cc1ccccc1)C(C(O)CBr)C(F)(F)F. The van der Waals surface area contributed by atoms with Crippen LogP contribution in [0.1, 0.15) is 12.5 Å². The van der Waals surface area contributed by atoms with Crippen LogP contribution < -0.4 is 0 Å². The Kier molecular flexibility index (Phi) is 6.01. The summed E-state index contributed by atoms with van der Waals surface area (Å²) in [4.78, 5) is 12.2. The van der Waals surface area contributed by atoms with Crippen molar-refractivity contribution >= 4 is 21.8 Å². The van der Waals surface area contributed by atoms with Crippen molar-refractivity contribution in [1.82, 2.24) is 4.90 Å². The second-order valence-corrected chi connectivity index (χ2v) is 4.99. The molecule has 0 aliphatic carbocycles. The lowest BCUT2D eigenvalue weighted by Gasteiger charge is -2.35. The molecule has 0 bridgehead atoms. The van der Waals surface area contributed by atoms with Crippen molar-refractivity contribution in [1.29, 1.82) is 0 Å². The molecular weight excluding hydrogens is 339 g/mol. The molecule has 7 heteroatoms. The van der Waals surface area contributed by atoms with Gasteiger partial charge in [0.2, 0.25) is 5.91 Å². The maximum absolute atomic E-state index is 13.1. The van der Waals surface area contributed by atoms with Gasteiger partial charge in [-0.3, -0.25) is 4.79 Å². The average Bonchev–Trinajstić information content (AvgIpc) is 2.37. The molecule has 0 aliphatic heterocycles. The summed E-state index contributed by atoms with van der Waals surface area (Å²) >= 11 is 2.82. The van der Waals surface area contributed by atoms with Crippen LogP contribution >= 0.6 is 15.9 Å². The Hall–Kier alpha value is -1.08. The second kappa shape index (κ2) is 7.08. The van der Waals surface area contributed by atoms with Crippen molar-refractivity contribution in [3.63, 3.8) is 0 Å². The van der Waals surface area contributed by atoms with Crippen LogP contribution in [0.15, 0.2) is 30.3 Å². The van der Waals surface area contributed by atoms with Gasteiger partial charge in [0.1, 0.15) is 0 Å². The van der Waals surface area contributed by atoms with Gasteiger partial charge >= 0.3 is 6.18 Å². The predicted molar refractivity (Wildman–Crippen MR) is 72.3 cm³/mol. The number of carbonyl (C=O) groups is 1. The molecule has 1 aromatic carbocycles. The fourth-order valence-corrected chi connectivity index (χ4v) is 2.23. The van der Waals surface area contributed by atoms with Gasteiger partial charge in [-0.2, -0.15) is 13.2 Å². The van der Waals surface area contributed by atoms with Crippen LogP contribution in [0.4, 0.5) is 13.2 Å². The van der Waals surface area contributed by atoms with Crippen LogP contribution in [0.2, 0.25) is 0 Å². The summed E-state index contributed by atoms with van der Waals surface area (Å²) in [5.41, 5.74) is 0.568. The summed E-state index contributed by atoms with van der Waals surface area (Å²) in [5, 5.41) is 9.32. The molecule has 20 heavy (non-hydrogen) atoms. The number of amides is 1. The highest BCUT2D eigenvalue weighted by molar-refractivity contribution is 9.09. The predicted octanol–water partition coefficient (Wildman–Crippen LogP) is 2.72. The van der Waals surface area contributed by atoms with Gasteiger partial charge in [-0.05, 0) is 5.56 Å². The number of hydrogen-bond acceptors (Lipinski definition) is 2. The van der Waals surface area contributed by atoms with Crippen LogP contribution in [-0.4, -0.2) is 39.6 Å². The van der Waals surface area contributed by atoms with E-state index >= 15 is 0 Å². The maximum atomic E-state index is 13.1. The number of benzene rings is 1. The highest BCUT2D eigenvalue weighted by atomic mass is 79.9. The molecule has 0 aliphatic rings. The lowest BCUT2D eigenvalue weighted by Crippen LogP contribution is -2.54. The first-order valence-electron chi connectivity index (χ1n) is 5.89. The minimum absolute atomic E-state index is 0.204. The van der Waals surface area contributed by atoms with Crippen molar-refractivity contribution in [2.45, 2.75) is 31.8 Å². The zero-order chi connectivity index (χ0) is 15.3.